The summed E-state index contributed by atoms with van der Waals surface area (Å²) in [6.07, 6.45) is 3.18. The number of carbonyl (C=O) groups is 1. The molecule has 5 nitrogen and oxygen atoms in total. The second-order valence-corrected chi connectivity index (χ2v) is 5.62. The number of methoxy groups -OCH3 is 1. The van der Waals surface area contributed by atoms with E-state index in [9.17, 15) is 4.79 Å². The van der Waals surface area contributed by atoms with E-state index in [0.717, 1.165) is 0 Å². The zero-order valence-corrected chi connectivity index (χ0v) is 14.0. The van der Waals surface area contributed by atoms with Gasteiger partial charge in [0.2, 0.25) is 5.89 Å². The molecule has 0 bridgehead atoms. The van der Waals surface area contributed by atoms with Gasteiger partial charge in [-0.25, -0.2) is 4.98 Å². The van der Waals surface area contributed by atoms with E-state index in [0.29, 0.717) is 33.7 Å². The number of aromatic nitrogens is 1. The molecular weight excluding hydrogens is 330 g/mol. The van der Waals surface area contributed by atoms with Gasteiger partial charge in [-0.2, -0.15) is 0 Å². The maximum absolute atomic E-state index is 13.2. The summed E-state index contributed by atoms with van der Waals surface area (Å²) in [6.45, 7) is 0. The summed E-state index contributed by atoms with van der Waals surface area (Å²) in [4.78, 5) is 17.6. The highest BCUT2D eigenvalue weighted by molar-refractivity contribution is 6.31. The quantitative estimate of drug-likeness (QED) is 0.382. The van der Waals surface area contributed by atoms with Gasteiger partial charge in [0.1, 0.15) is 17.0 Å². The first-order valence-corrected chi connectivity index (χ1v) is 8.04. The number of hydrogen-bond donors (Lipinski definition) is 0. The molecule has 4 aromatic rings. The van der Waals surface area contributed by atoms with Crippen molar-refractivity contribution < 1.29 is 18.4 Å². The number of nitrogens with zero attached hydrogens (tertiary/aromatic N) is 1. The van der Waals surface area contributed by atoms with Crippen molar-refractivity contribution in [2.75, 3.05) is 7.11 Å². The Bertz CT molecular complexity index is 1060. The fourth-order valence-corrected chi connectivity index (χ4v) is 2.65. The number of benzene rings is 2. The summed E-state index contributed by atoms with van der Waals surface area (Å²) in [5.74, 6) is 1.16. The Hall–Kier alpha value is -3.60. The molecule has 0 atom stereocenters. The number of rotatable bonds is 5. The van der Waals surface area contributed by atoms with Crippen LogP contribution in [0.4, 0.5) is 0 Å². The van der Waals surface area contributed by atoms with Gasteiger partial charge in [-0.05, 0) is 42.5 Å². The normalized spacial score (nSPS) is 11.7. The number of carbonyl (C=O) groups excluding carboxylic acids is 1. The van der Waals surface area contributed by atoms with Gasteiger partial charge in [0.05, 0.1) is 18.9 Å². The van der Waals surface area contributed by atoms with Crippen LogP contribution in [0.3, 0.4) is 0 Å². The molecule has 0 aliphatic carbocycles. The van der Waals surface area contributed by atoms with Crippen LogP contribution >= 0.6 is 0 Å². The number of furan rings is 1. The molecule has 2 aromatic heterocycles. The number of oxazole rings is 1. The van der Waals surface area contributed by atoms with Gasteiger partial charge in [-0.1, -0.05) is 24.3 Å². The van der Waals surface area contributed by atoms with E-state index in [1.807, 2.05) is 24.3 Å². The van der Waals surface area contributed by atoms with Crippen LogP contribution in [0.2, 0.25) is 0 Å². The third-order valence-corrected chi connectivity index (χ3v) is 3.93. The minimum atomic E-state index is -0.230. The maximum Gasteiger partial charge on any atom is 0.231 e. The van der Waals surface area contributed by atoms with Crippen LogP contribution in [-0.2, 0) is 0 Å². The van der Waals surface area contributed by atoms with E-state index in [2.05, 4.69) is 4.98 Å². The zero-order chi connectivity index (χ0) is 17.9. The Balaban J connectivity index is 1.84. The highest BCUT2D eigenvalue weighted by atomic mass is 16.5. The smallest absolute Gasteiger partial charge is 0.231 e. The molecule has 2 heterocycles. The van der Waals surface area contributed by atoms with E-state index >= 15 is 0 Å². The van der Waals surface area contributed by atoms with Crippen molar-refractivity contribution in [3.05, 3.63) is 84.1 Å². The predicted octanol–water partition coefficient (Wildman–Crippen LogP) is 4.85. The van der Waals surface area contributed by atoms with Crippen LogP contribution in [0.5, 0.6) is 5.75 Å². The number of Topliss-reactive ketones (excluding diaryl/α,β-unsaturated/α-hetero) is 1. The Kier molecular flexibility index (Phi) is 4.11. The first kappa shape index (κ1) is 15.9. The minimum absolute atomic E-state index is 0.230. The van der Waals surface area contributed by atoms with Gasteiger partial charge in [0, 0.05) is 5.56 Å². The second kappa shape index (κ2) is 6.72. The van der Waals surface area contributed by atoms with Gasteiger partial charge in [0.25, 0.3) is 0 Å². The molecule has 128 valence electrons. The Morgan fingerprint density at radius 2 is 1.96 bits per heavy atom. The molecule has 0 saturated heterocycles. The molecular formula is C21H15NO4. The topological polar surface area (TPSA) is 65.5 Å². The third-order valence-electron chi connectivity index (χ3n) is 3.93. The molecule has 5 heteroatoms. The monoisotopic (exact) mass is 345 g/mol. The van der Waals surface area contributed by atoms with Crippen molar-refractivity contribution >= 4 is 28.5 Å². The van der Waals surface area contributed by atoms with Crippen LogP contribution in [0.25, 0.3) is 22.7 Å². The molecule has 0 spiro atoms. The lowest BCUT2D eigenvalue weighted by Crippen LogP contribution is -2.03. The average molecular weight is 345 g/mol. The average Bonchev–Trinajstić information content (AvgIpc) is 3.34. The van der Waals surface area contributed by atoms with Gasteiger partial charge in [-0.3, -0.25) is 4.79 Å². The van der Waals surface area contributed by atoms with Crippen molar-refractivity contribution in [3.63, 3.8) is 0 Å². The fraction of sp³-hybridized carbons (Fsp3) is 0.0476. The molecule has 0 unspecified atom stereocenters. The molecule has 26 heavy (non-hydrogen) atoms. The van der Waals surface area contributed by atoms with Crippen molar-refractivity contribution in [1.29, 1.82) is 0 Å². The summed E-state index contributed by atoms with van der Waals surface area (Å²) in [7, 11) is 1.56. The third kappa shape index (κ3) is 3.02. The van der Waals surface area contributed by atoms with E-state index in [-0.39, 0.29) is 11.7 Å². The molecule has 4 rings (SSSR count). The molecule has 0 saturated carbocycles. The number of allylic oxidation sites excluding steroid dienone is 1. The zero-order valence-electron chi connectivity index (χ0n) is 14.0. The Morgan fingerprint density at radius 1 is 1.08 bits per heavy atom. The van der Waals surface area contributed by atoms with E-state index in [1.54, 1.807) is 55.8 Å². The van der Waals surface area contributed by atoms with Crippen molar-refractivity contribution in [3.8, 4) is 5.75 Å². The summed E-state index contributed by atoms with van der Waals surface area (Å²) in [6, 6.07) is 17.9. The van der Waals surface area contributed by atoms with Crippen LogP contribution < -0.4 is 4.74 Å². The standard InChI is InChI=1S/C21H15NO4/c1-24-15-7-4-6-14(12-15)20(23)17(13-16-8-5-11-25-16)21-22-18-9-2-3-10-19(18)26-21/h2-13H,1H3. The molecule has 0 aliphatic heterocycles. The first-order chi connectivity index (χ1) is 12.7. The highest BCUT2D eigenvalue weighted by Gasteiger charge is 2.21. The summed E-state index contributed by atoms with van der Waals surface area (Å²) in [5.41, 5.74) is 2.09. The van der Waals surface area contributed by atoms with Crippen LogP contribution in [0.15, 0.2) is 75.8 Å². The molecule has 0 N–H and O–H groups in total. The van der Waals surface area contributed by atoms with Gasteiger partial charge < -0.3 is 13.6 Å². The van der Waals surface area contributed by atoms with Gasteiger partial charge in [-0.15, -0.1) is 0 Å². The summed E-state index contributed by atoms with van der Waals surface area (Å²) in [5, 5.41) is 0. The number of ether oxygens (including phenoxy) is 1. The van der Waals surface area contributed by atoms with Crippen molar-refractivity contribution in [1.82, 2.24) is 4.98 Å². The number of para-hydroxylation sites is 2. The first-order valence-electron chi connectivity index (χ1n) is 8.04. The second-order valence-electron chi connectivity index (χ2n) is 5.62. The van der Waals surface area contributed by atoms with Crippen LogP contribution in [0.1, 0.15) is 22.0 Å². The van der Waals surface area contributed by atoms with Crippen LogP contribution in [0, 0.1) is 0 Å². The van der Waals surface area contributed by atoms with Gasteiger partial charge in [0.15, 0.2) is 11.4 Å². The fourth-order valence-electron chi connectivity index (χ4n) is 2.65. The van der Waals surface area contributed by atoms with Crippen molar-refractivity contribution in [2.24, 2.45) is 0 Å². The summed E-state index contributed by atoms with van der Waals surface area (Å²) < 4.78 is 16.4. The molecule has 2 aromatic carbocycles. The molecule has 0 aliphatic rings. The van der Waals surface area contributed by atoms with Crippen molar-refractivity contribution in [2.45, 2.75) is 0 Å². The number of ketones is 1. The van der Waals surface area contributed by atoms with E-state index in [1.165, 1.54) is 0 Å². The van der Waals surface area contributed by atoms with E-state index in [4.69, 9.17) is 13.6 Å². The number of fused-ring (bicyclic) bond motifs is 1. The SMILES string of the molecule is COc1cccc(C(=O)C(=Cc2ccco2)c2nc3ccccc3o2)c1. The maximum atomic E-state index is 13.2. The highest BCUT2D eigenvalue weighted by Crippen LogP contribution is 2.27. The van der Waals surface area contributed by atoms with E-state index < -0.39 is 0 Å². The predicted molar refractivity (Wildman–Crippen MR) is 97.9 cm³/mol. The minimum Gasteiger partial charge on any atom is -0.497 e. The molecule has 0 amide bonds. The number of hydrogen-bond acceptors (Lipinski definition) is 5. The molecule has 0 fully saturated rings. The summed E-state index contributed by atoms with van der Waals surface area (Å²) >= 11 is 0. The lowest BCUT2D eigenvalue weighted by Gasteiger charge is -2.05. The Labute approximate surface area is 149 Å². The Morgan fingerprint density at radius 3 is 2.73 bits per heavy atom. The lowest BCUT2D eigenvalue weighted by molar-refractivity contribution is 0.105. The van der Waals surface area contributed by atoms with Crippen LogP contribution in [-0.4, -0.2) is 17.9 Å². The lowest BCUT2D eigenvalue weighted by atomic mass is 10.0. The van der Waals surface area contributed by atoms with Gasteiger partial charge >= 0.3 is 0 Å². The molecule has 0 radical (unpaired) electrons. The largest absolute Gasteiger partial charge is 0.497 e.